The molecule has 1 N–H and O–H groups in total. The van der Waals surface area contributed by atoms with Crippen LogP contribution in [0.15, 0.2) is 24.3 Å². The molecule has 1 aromatic carbocycles. The summed E-state index contributed by atoms with van der Waals surface area (Å²) >= 11 is 0. The van der Waals surface area contributed by atoms with Gasteiger partial charge in [0.1, 0.15) is 5.75 Å². The molecule has 5 nitrogen and oxygen atoms in total. The third kappa shape index (κ3) is 2.58. The van der Waals surface area contributed by atoms with Gasteiger partial charge in [-0.25, -0.2) is 0 Å². The SMILES string of the molecule is COc1ccc(N2CCN(C(=O)C3CNC3)CC2)cc1. The number of hydrogen-bond donors (Lipinski definition) is 1. The Morgan fingerprint density at radius 3 is 2.30 bits per heavy atom. The monoisotopic (exact) mass is 275 g/mol. The number of carbonyl (C=O) groups is 1. The maximum absolute atomic E-state index is 12.2. The highest BCUT2D eigenvalue weighted by Gasteiger charge is 2.30. The van der Waals surface area contributed by atoms with Gasteiger partial charge in [-0.15, -0.1) is 0 Å². The van der Waals surface area contributed by atoms with E-state index in [9.17, 15) is 4.79 Å². The fourth-order valence-electron chi connectivity index (χ4n) is 2.70. The average Bonchev–Trinajstić information content (AvgIpc) is 2.46. The standard InChI is InChI=1S/C15H21N3O2/c1-20-14-4-2-13(3-5-14)17-6-8-18(9-7-17)15(19)12-10-16-11-12/h2-5,12,16H,6-11H2,1H3. The number of piperazine rings is 1. The predicted octanol–water partition coefficient (Wildman–Crippen LogP) is 0.563. The molecule has 1 aromatic rings. The van der Waals surface area contributed by atoms with Gasteiger partial charge in [-0.2, -0.15) is 0 Å². The minimum atomic E-state index is 0.211. The molecule has 0 saturated carbocycles. The first kappa shape index (κ1) is 13.2. The zero-order valence-corrected chi connectivity index (χ0v) is 11.8. The number of methoxy groups -OCH3 is 1. The number of rotatable bonds is 3. The molecule has 2 fully saturated rings. The number of nitrogens with zero attached hydrogens (tertiary/aromatic N) is 2. The zero-order chi connectivity index (χ0) is 13.9. The lowest BCUT2D eigenvalue weighted by Crippen LogP contribution is -2.56. The van der Waals surface area contributed by atoms with Crippen LogP contribution in [-0.2, 0) is 4.79 Å². The number of benzene rings is 1. The Morgan fingerprint density at radius 1 is 1.15 bits per heavy atom. The van der Waals surface area contributed by atoms with Crippen LogP contribution in [0.3, 0.4) is 0 Å². The highest BCUT2D eigenvalue weighted by molar-refractivity contribution is 5.80. The van der Waals surface area contributed by atoms with Crippen molar-refractivity contribution in [2.24, 2.45) is 5.92 Å². The summed E-state index contributed by atoms with van der Waals surface area (Å²) in [6.07, 6.45) is 0. The number of ether oxygens (including phenoxy) is 1. The molecule has 108 valence electrons. The Kier molecular flexibility index (Phi) is 3.78. The predicted molar refractivity (Wildman–Crippen MR) is 78.1 cm³/mol. The van der Waals surface area contributed by atoms with Crippen LogP contribution in [0.4, 0.5) is 5.69 Å². The van der Waals surface area contributed by atoms with Crippen molar-refractivity contribution in [1.29, 1.82) is 0 Å². The van der Waals surface area contributed by atoms with Gasteiger partial charge >= 0.3 is 0 Å². The number of nitrogens with one attached hydrogen (secondary N) is 1. The smallest absolute Gasteiger partial charge is 0.228 e. The molecule has 0 atom stereocenters. The van der Waals surface area contributed by atoms with E-state index >= 15 is 0 Å². The van der Waals surface area contributed by atoms with Crippen molar-refractivity contribution >= 4 is 11.6 Å². The summed E-state index contributed by atoms with van der Waals surface area (Å²) in [5.41, 5.74) is 1.20. The summed E-state index contributed by atoms with van der Waals surface area (Å²) in [4.78, 5) is 16.5. The molecule has 0 unspecified atom stereocenters. The Hall–Kier alpha value is -1.75. The average molecular weight is 275 g/mol. The van der Waals surface area contributed by atoms with Gasteiger partial charge in [0.2, 0.25) is 5.91 Å². The van der Waals surface area contributed by atoms with Crippen LogP contribution in [0, 0.1) is 5.92 Å². The lowest BCUT2D eigenvalue weighted by atomic mass is 10.0. The molecule has 0 aliphatic carbocycles. The highest BCUT2D eigenvalue weighted by atomic mass is 16.5. The molecule has 0 spiro atoms. The van der Waals surface area contributed by atoms with Gasteiger partial charge in [0.25, 0.3) is 0 Å². The van der Waals surface area contributed by atoms with Crippen molar-refractivity contribution in [3.05, 3.63) is 24.3 Å². The van der Waals surface area contributed by atoms with Gasteiger partial charge in [-0.05, 0) is 24.3 Å². The lowest BCUT2D eigenvalue weighted by Gasteiger charge is -2.39. The maximum atomic E-state index is 12.2. The minimum absolute atomic E-state index is 0.211. The number of carbonyl (C=O) groups excluding carboxylic acids is 1. The van der Waals surface area contributed by atoms with Crippen molar-refractivity contribution in [3.63, 3.8) is 0 Å². The van der Waals surface area contributed by atoms with Crippen LogP contribution in [0.2, 0.25) is 0 Å². The van der Waals surface area contributed by atoms with Crippen LogP contribution < -0.4 is 15.0 Å². The molecule has 2 saturated heterocycles. The van der Waals surface area contributed by atoms with Crippen LogP contribution in [-0.4, -0.2) is 57.2 Å². The quantitative estimate of drug-likeness (QED) is 0.875. The molecule has 2 aliphatic rings. The molecule has 0 radical (unpaired) electrons. The van der Waals surface area contributed by atoms with Crippen LogP contribution >= 0.6 is 0 Å². The van der Waals surface area contributed by atoms with E-state index in [-0.39, 0.29) is 5.92 Å². The molecular weight excluding hydrogens is 254 g/mol. The summed E-state index contributed by atoms with van der Waals surface area (Å²) in [6, 6.07) is 8.11. The van der Waals surface area contributed by atoms with E-state index in [0.717, 1.165) is 45.0 Å². The maximum Gasteiger partial charge on any atom is 0.228 e. The summed E-state index contributed by atoms with van der Waals surface area (Å²) in [7, 11) is 1.68. The molecule has 2 aliphatic heterocycles. The zero-order valence-electron chi connectivity index (χ0n) is 11.8. The first-order valence-corrected chi connectivity index (χ1v) is 7.16. The minimum Gasteiger partial charge on any atom is -0.497 e. The van der Waals surface area contributed by atoms with Gasteiger partial charge in [-0.1, -0.05) is 0 Å². The van der Waals surface area contributed by atoms with Gasteiger partial charge in [0.15, 0.2) is 0 Å². The van der Waals surface area contributed by atoms with Crippen molar-refractivity contribution < 1.29 is 9.53 Å². The molecular formula is C15H21N3O2. The van der Waals surface area contributed by atoms with Crippen molar-refractivity contribution in [2.75, 3.05) is 51.3 Å². The van der Waals surface area contributed by atoms with Crippen molar-refractivity contribution in [3.8, 4) is 5.75 Å². The topological polar surface area (TPSA) is 44.8 Å². The second kappa shape index (κ2) is 5.71. The Bertz CT molecular complexity index is 463. The summed E-state index contributed by atoms with van der Waals surface area (Å²) < 4.78 is 5.17. The van der Waals surface area contributed by atoms with Gasteiger partial charge in [-0.3, -0.25) is 4.79 Å². The first-order chi connectivity index (χ1) is 9.78. The van der Waals surface area contributed by atoms with E-state index in [2.05, 4.69) is 22.3 Å². The van der Waals surface area contributed by atoms with E-state index in [1.807, 2.05) is 17.0 Å². The largest absolute Gasteiger partial charge is 0.497 e. The Labute approximate surface area is 119 Å². The van der Waals surface area contributed by atoms with Crippen molar-refractivity contribution in [1.82, 2.24) is 10.2 Å². The molecule has 3 rings (SSSR count). The highest BCUT2D eigenvalue weighted by Crippen LogP contribution is 2.21. The molecule has 0 aromatic heterocycles. The molecule has 5 heteroatoms. The molecule has 0 bridgehead atoms. The fraction of sp³-hybridized carbons (Fsp3) is 0.533. The molecule has 1 amide bonds. The van der Waals surface area contributed by atoms with Crippen LogP contribution in [0.25, 0.3) is 0 Å². The second-order valence-corrected chi connectivity index (χ2v) is 5.37. The second-order valence-electron chi connectivity index (χ2n) is 5.37. The van der Waals surface area contributed by atoms with Crippen LogP contribution in [0.5, 0.6) is 5.75 Å². The van der Waals surface area contributed by atoms with Gasteiger partial charge in [0, 0.05) is 45.0 Å². The van der Waals surface area contributed by atoms with Gasteiger partial charge < -0.3 is 19.9 Å². The molecule has 20 heavy (non-hydrogen) atoms. The van der Waals surface area contributed by atoms with Crippen LogP contribution in [0.1, 0.15) is 0 Å². The third-order valence-corrected chi connectivity index (χ3v) is 4.16. The Morgan fingerprint density at radius 2 is 1.80 bits per heavy atom. The van der Waals surface area contributed by atoms with E-state index in [1.165, 1.54) is 5.69 Å². The summed E-state index contributed by atoms with van der Waals surface area (Å²) in [5, 5.41) is 3.16. The first-order valence-electron chi connectivity index (χ1n) is 7.16. The fourth-order valence-corrected chi connectivity index (χ4v) is 2.70. The van der Waals surface area contributed by atoms with E-state index < -0.39 is 0 Å². The van der Waals surface area contributed by atoms with E-state index in [0.29, 0.717) is 5.91 Å². The molecule has 2 heterocycles. The van der Waals surface area contributed by atoms with E-state index in [1.54, 1.807) is 7.11 Å². The van der Waals surface area contributed by atoms with Gasteiger partial charge in [0.05, 0.1) is 13.0 Å². The van der Waals surface area contributed by atoms with E-state index in [4.69, 9.17) is 4.74 Å². The third-order valence-electron chi connectivity index (χ3n) is 4.16. The number of amides is 1. The number of anilines is 1. The number of hydrogen-bond acceptors (Lipinski definition) is 4. The summed E-state index contributed by atoms with van der Waals surface area (Å²) in [6.45, 7) is 5.13. The summed E-state index contributed by atoms with van der Waals surface area (Å²) in [5.74, 6) is 1.40. The lowest BCUT2D eigenvalue weighted by molar-refractivity contribution is -0.137. The van der Waals surface area contributed by atoms with Crippen molar-refractivity contribution in [2.45, 2.75) is 0 Å². The Balaban J connectivity index is 1.55. The normalized spacial score (nSPS) is 19.6.